The number of benzene rings is 1. The van der Waals surface area contributed by atoms with E-state index in [0.29, 0.717) is 30.5 Å². The van der Waals surface area contributed by atoms with Gasteiger partial charge >= 0.3 is 11.8 Å². The molecule has 1 aliphatic heterocycles. The molecular weight excluding hydrogens is 374 g/mol. The Hall–Kier alpha value is -2.38. The second-order valence-corrected chi connectivity index (χ2v) is 7.75. The zero-order valence-electron chi connectivity index (χ0n) is 16.1. The molecule has 150 valence electrons. The third-order valence-electron chi connectivity index (χ3n) is 4.89. The highest BCUT2D eigenvalue weighted by molar-refractivity contribution is 7.10. The van der Waals surface area contributed by atoms with Crippen LogP contribution in [0.2, 0.25) is 0 Å². The molecule has 7 heteroatoms. The van der Waals surface area contributed by atoms with Crippen molar-refractivity contribution in [3.05, 3.63) is 46.7 Å². The van der Waals surface area contributed by atoms with E-state index in [0.717, 1.165) is 32.5 Å². The van der Waals surface area contributed by atoms with Crippen LogP contribution in [0, 0.1) is 0 Å². The van der Waals surface area contributed by atoms with Gasteiger partial charge in [0.2, 0.25) is 0 Å². The molecule has 0 saturated carbocycles. The summed E-state index contributed by atoms with van der Waals surface area (Å²) >= 11 is 1.83. The van der Waals surface area contributed by atoms with Crippen molar-refractivity contribution in [2.75, 3.05) is 38.1 Å². The molecule has 2 N–H and O–H groups in total. The van der Waals surface area contributed by atoms with Crippen molar-refractivity contribution in [1.29, 1.82) is 0 Å². The Morgan fingerprint density at radius 2 is 1.93 bits per heavy atom. The number of hydrogen-bond donors (Lipinski definition) is 2. The van der Waals surface area contributed by atoms with Crippen molar-refractivity contribution in [1.82, 2.24) is 10.2 Å². The number of para-hydroxylation sites is 2. The van der Waals surface area contributed by atoms with Crippen LogP contribution in [0.5, 0.6) is 5.75 Å². The fourth-order valence-corrected chi connectivity index (χ4v) is 4.30. The minimum atomic E-state index is -0.677. The number of carbonyl (C=O) groups is 2. The number of rotatable bonds is 7. The first kappa shape index (κ1) is 20.4. The van der Waals surface area contributed by atoms with Crippen LogP contribution in [0.3, 0.4) is 0 Å². The highest BCUT2D eigenvalue weighted by Gasteiger charge is 2.21. The average molecular weight is 402 g/mol. The molecular formula is C21H27N3O3S. The summed E-state index contributed by atoms with van der Waals surface area (Å²) in [5.41, 5.74) is 0.500. The van der Waals surface area contributed by atoms with E-state index in [4.69, 9.17) is 4.74 Å². The molecule has 6 nitrogen and oxygen atoms in total. The summed E-state index contributed by atoms with van der Waals surface area (Å²) in [6, 6.07) is 11.4. The van der Waals surface area contributed by atoms with E-state index in [9.17, 15) is 9.59 Å². The molecule has 1 aromatic carbocycles. The van der Waals surface area contributed by atoms with E-state index in [1.807, 2.05) is 24.3 Å². The van der Waals surface area contributed by atoms with Gasteiger partial charge in [0.25, 0.3) is 0 Å². The Labute approximate surface area is 169 Å². The van der Waals surface area contributed by atoms with E-state index < -0.39 is 11.8 Å². The zero-order valence-corrected chi connectivity index (χ0v) is 17.0. The van der Waals surface area contributed by atoms with Crippen molar-refractivity contribution >= 4 is 28.8 Å². The smallest absolute Gasteiger partial charge is 0.313 e. The van der Waals surface area contributed by atoms with Gasteiger partial charge in [0.05, 0.1) is 12.3 Å². The Morgan fingerprint density at radius 1 is 1.14 bits per heavy atom. The van der Waals surface area contributed by atoms with E-state index in [1.165, 1.54) is 4.88 Å². The largest absolute Gasteiger partial charge is 0.492 e. The number of amides is 2. The highest BCUT2D eigenvalue weighted by atomic mass is 32.1. The van der Waals surface area contributed by atoms with Crippen molar-refractivity contribution < 1.29 is 14.3 Å². The number of thiophene rings is 1. The fourth-order valence-electron chi connectivity index (χ4n) is 3.40. The van der Waals surface area contributed by atoms with Gasteiger partial charge in [0.1, 0.15) is 5.75 Å². The maximum Gasteiger partial charge on any atom is 0.313 e. The van der Waals surface area contributed by atoms with Crippen LogP contribution < -0.4 is 15.4 Å². The fraction of sp³-hybridized carbons (Fsp3) is 0.429. The molecule has 28 heavy (non-hydrogen) atoms. The van der Waals surface area contributed by atoms with Crippen molar-refractivity contribution in [3.63, 3.8) is 0 Å². The number of ether oxygens (including phenoxy) is 1. The SMILES string of the molecule is CCOc1ccccc1NC(=O)C(=O)NCCN1CCC(c2cccs2)CC1. The predicted molar refractivity (Wildman–Crippen MR) is 112 cm³/mol. The van der Waals surface area contributed by atoms with Crippen molar-refractivity contribution in [3.8, 4) is 5.75 Å². The van der Waals surface area contributed by atoms with E-state index >= 15 is 0 Å². The molecule has 0 bridgehead atoms. The number of anilines is 1. The molecule has 0 radical (unpaired) electrons. The standard InChI is InChI=1S/C21H27N3O3S/c1-2-27-18-7-4-3-6-17(18)23-21(26)20(25)22-11-14-24-12-9-16(10-13-24)19-8-5-15-28-19/h3-8,15-16H,2,9-14H2,1H3,(H,22,25)(H,23,26). The lowest BCUT2D eigenvalue weighted by Gasteiger charge is -2.31. The van der Waals surface area contributed by atoms with Crippen molar-refractivity contribution in [2.45, 2.75) is 25.7 Å². The van der Waals surface area contributed by atoms with Gasteiger partial charge in [-0.1, -0.05) is 18.2 Å². The molecule has 1 saturated heterocycles. The lowest BCUT2D eigenvalue weighted by Crippen LogP contribution is -2.42. The second-order valence-electron chi connectivity index (χ2n) is 6.77. The lowest BCUT2D eigenvalue weighted by molar-refractivity contribution is -0.136. The molecule has 1 aliphatic rings. The summed E-state index contributed by atoms with van der Waals surface area (Å²) < 4.78 is 5.46. The predicted octanol–water partition coefficient (Wildman–Crippen LogP) is 3.08. The molecule has 2 aromatic rings. The number of piperidine rings is 1. The van der Waals surface area contributed by atoms with E-state index in [2.05, 4.69) is 33.0 Å². The van der Waals surface area contributed by atoms with Crippen LogP contribution >= 0.6 is 11.3 Å². The normalized spacial score (nSPS) is 15.2. The topological polar surface area (TPSA) is 70.7 Å². The van der Waals surface area contributed by atoms with E-state index in [1.54, 1.807) is 18.2 Å². The summed E-state index contributed by atoms with van der Waals surface area (Å²) in [6.07, 6.45) is 2.28. The molecule has 0 unspecified atom stereocenters. The van der Waals surface area contributed by atoms with Crippen molar-refractivity contribution in [2.24, 2.45) is 0 Å². The Bertz CT molecular complexity index is 771. The Morgan fingerprint density at radius 3 is 2.64 bits per heavy atom. The van der Waals surface area contributed by atoms with Gasteiger partial charge in [0.15, 0.2) is 0 Å². The molecule has 0 spiro atoms. The maximum absolute atomic E-state index is 12.1. The molecule has 2 amide bonds. The Balaban J connectivity index is 1.38. The number of carbonyl (C=O) groups excluding carboxylic acids is 2. The van der Waals surface area contributed by atoms with Gasteiger partial charge in [-0.15, -0.1) is 11.3 Å². The summed E-state index contributed by atoms with van der Waals surface area (Å²) in [5.74, 6) is -0.0925. The molecule has 2 heterocycles. The van der Waals surface area contributed by atoms with Crippen LogP contribution in [0.4, 0.5) is 5.69 Å². The monoisotopic (exact) mass is 401 g/mol. The summed E-state index contributed by atoms with van der Waals surface area (Å²) in [6.45, 7) is 5.62. The quantitative estimate of drug-likeness (QED) is 0.700. The van der Waals surface area contributed by atoms with Crippen LogP contribution in [0.1, 0.15) is 30.6 Å². The minimum Gasteiger partial charge on any atom is -0.492 e. The third kappa shape index (κ3) is 5.56. The summed E-state index contributed by atoms with van der Waals surface area (Å²) in [5, 5.41) is 7.46. The van der Waals surface area contributed by atoms with Gasteiger partial charge in [-0.05, 0) is 62.4 Å². The number of nitrogens with one attached hydrogen (secondary N) is 2. The first-order valence-electron chi connectivity index (χ1n) is 9.74. The van der Waals surface area contributed by atoms with E-state index in [-0.39, 0.29) is 0 Å². The number of nitrogens with zero attached hydrogens (tertiary/aromatic N) is 1. The van der Waals surface area contributed by atoms with Gasteiger partial charge in [-0.3, -0.25) is 9.59 Å². The summed E-state index contributed by atoms with van der Waals surface area (Å²) in [4.78, 5) is 28.0. The molecule has 0 aliphatic carbocycles. The molecule has 3 rings (SSSR count). The van der Waals surface area contributed by atoms with Crippen LogP contribution in [0.25, 0.3) is 0 Å². The lowest BCUT2D eigenvalue weighted by atomic mass is 9.95. The average Bonchev–Trinajstić information content (AvgIpc) is 3.25. The van der Waals surface area contributed by atoms with Gasteiger partial charge in [-0.25, -0.2) is 0 Å². The number of hydrogen-bond acceptors (Lipinski definition) is 5. The summed E-state index contributed by atoms with van der Waals surface area (Å²) in [7, 11) is 0. The van der Waals surface area contributed by atoms with Gasteiger partial charge in [0, 0.05) is 18.0 Å². The maximum atomic E-state index is 12.1. The zero-order chi connectivity index (χ0) is 19.8. The Kier molecular flexibility index (Phi) is 7.45. The molecule has 1 aromatic heterocycles. The highest BCUT2D eigenvalue weighted by Crippen LogP contribution is 2.30. The molecule has 1 fully saturated rings. The number of likely N-dealkylation sites (tertiary alicyclic amines) is 1. The van der Waals surface area contributed by atoms with Crippen LogP contribution in [0.15, 0.2) is 41.8 Å². The second kappa shape index (κ2) is 10.2. The first-order valence-corrected chi connectivity index (χ1v) is 10.6. The first-order chi connectivity index (χ1) is 13.7. The van der Waals surface area contributed by atoms with Gasteiger partial charge in [-0.2, -0.15) is 0 Å². The third-order valence-corrected chi connectivity index (χ3v) is 5.92. The van der Waals surface area contributed by atoms with Crippen LogP contribution in [-0.2, 0) is 9.59 Å². The minimum absolute atomic E-state index is 0.461. The van der Waals surface area contributed by atoms with Crippen LogP contribution in [-0.4, -0.2) is 49.5 Å². The molecule has 0 atom stereocenters. The van der Waals surface area contributed by atoms with Gasteiger partial charge < -0.3 is 20.3 Å².